The van der Waals surface area contributed by atoms with E-state index < -0.39 is 6.10 Å². The van der Waals surface area contributed by atoms with E-state index in [0.29, 0.717) is 18.5 Å². The number of rotatable bonds is 5. The van der Waals surface area contributed by atoms with E-state index in [0.717, 1.165) is 22.3 Å². The van der Waals surface area contributed by atoms with Crippen LogP contribution in [0.2, 0.25) is 0 Å². The van der Waals surface area contributed by atoms with Gasteiger partial charge in [0.25, 0.3) is 0 Å². The maximum atomic E-state index is 10.4. The summed E-state index contributed by atoms with van der Waals surface area (Å²) < 4.78 is 5.57. The van der Waals surface area contributed by atoms with Crippen LogP contribution in [0.1, 0.15) is 22.8 Å². The fourth-order valence-corrected chi connectivity index (χ4v) is 2.40. The van der Waals surface area contributed by atoms with Crippen molar-refractivity contribution < 1.29 is 9.52 Å². The number of benzene rings is 2. The number of aromatic nitrogens is 2. The highest BCUT2D eigenvalue weighted by molar-refractivity contribution is 5.52. The minimum Gasteiger partial charge on any atom is -0.403 e. The topological polar surface area (TPSA) is 71.2 Å². The molecule has 0 aliphatic rings. The second kappa shape index (κ2) is 6.62. The average molecular weight is 309 g/mol. The van der Waals surface area contributed by atoms with Crippen LogP contribution in [-0.4, -0.2) is 21.8 Å². The number of hydrogen-bond acceptors (Lipinski definition) is 5. The van der Waals surface area contributed by atoms with Crippen molar-refractivity contribution >= 4 is 6.01 Å². The minimum atomic E-state index is -0.637. The first-order valence-corrected chi connectivity index (χ1v) is 7.51. The second-order valence-corrected chi connectivity index (χ2v) is 5.54. The standard InChI is InChI=1S/C18H19N3O2/c1-12-8-9-13(2)15(10-12)16(22)11-19-18-21-20-17(23-18)14-6-4-3-5-7-14/h3-10,16,22H,11H2,1-2H3,(H,19,21). The molecule has 0 aliphatic carbocycles. The molecule has 0 amide bonds. The SMILES string of the molecule is Cc1ccc(C)c(C(O)CNc2nnc(-c3ccccc3)o2)c1. The number of nitrogens with one attached hydrogen (secondary N) is 1. The summed E-state index contributed by atoms with van der Waals surface area (Å²) in [4.78, 5) is 0. The van der Waals surface area contributed by atoms with Crippen molar-refractivity contribution in [2.75, 3.05) is 11.9 Å². The van der Waals surface area contributed by atoms with Crippen LogP contribution in [-0.2, 0) is 0 Å². The predicted molar refractivity (Wildman–Crippen MR) is 89.1 cm³/mol. The zero-order chi connectivity index (χ0) is 16.2. The van der Waals surface area contributed by atoms with Crippen molar-refractivity contribution in [3.8, 4) is 11.5 Å². The maximum Gasteiger partial charge on any atom is 0.315 e. The van der Waals surface area contributed by atoms with Crippen molar-refractivity contribution in [1.82, 2.24) is 10.2 Å². The summed E-state index contributed by atoms with van der Waals surface area (Å²) in [7, 11) is 0. The lowest BCUT2D eigenvalue weighted by molar-refractivity contribution is 0.190. The number of aryl methyl sites for hydroxylation is 2. The molecule has 0 spiro atoms. The monoisotopic (exact) mass is 309 g/mol. The molecule has 118 valence electrons. The van der Waals surface area contributed by atoms with Gasteiger partial charge in [-0.15, -0.1) is 5.10 Å². The number of aliphatic hydroxyl groups excluding tert-OH is 1. The maximum absolute atomic E-state index is 10.4. The summed E-state index contributed by atoms with van der Waals surface area (Å²) in [6, 6.07) is 15.9. The fourth-order valence-electron chi connectivity index (χ4n) is 2.40. The molecule has 3 aromatic rings. The van der Waals surface area contributed by atoms with Gasteiger partial charge in [0.1, 0.15) is 0 Å². The van der Waals surface area contributed by atoms with Crippen molar-refractivity contribution in [3.63, 3.8) is 0 Å². The highest BCUT2D eigenvalue weighted by Gasteiger charge is 2.13. The van der Waals surface area contributed by atoms with Gasteiger partial charge in [-0.2, -0.15) is 0 Å². The number of aliphatic hydroxyl groups is 1. The molecule has 5 nitrogen and oxygen atoms in total. The summed E-state index contributed by atoms with van der Waals surface area (Å²) in [6.07, 6.45) is -0.637. The number of hydrogen-bond donors (Lipinski definition) is 2. The predicted octanol–water partition coefficient (Wildman–Crippen LogP) is 3.50. The lowest BCUT2D eigenvalue weighted by Gasteiger charge is -2.14. The Kier molecular flexibility index (Phi) is 4.39. The van der Waals surface area contributed by atoms with Gasteiger partial charge in [-0.1, -0.05) is 47.1 Å². The summed E-state index contributed by atoms with van der Waals surface area (Å²) in [5.74, 6) is 0.453. The Labute approximate surface area is 135 Å². The van der Waals surface area contributed by atoms with E-state index in [4.69, 9.17) is 4.42 Å². The molecule has 0 aliphatic heterocycles. The van der Waals surface area contributed by atoms with Crippen molar-refractivity contribution in [2.24, 2.45) is 0 Å². The molecule has 1 unspecified atom stereocenters. The van der Waals surface area contributed by atoms with Gasteiger partial charge >= 0.3 is 6.01 Å². The molecule has 0 radical (unpaired) electrons. The van der Waals surface area contributed by atoms with Gasteiger partial charge in [-0.05, 0) is 37.1 Å². The minimum absolute atomic E-state index is 0.299. The Morgan fingerprint density at radius 2 is 1.87 bits per heavy atom. The number of anilines is 1. The van der Waals surface area contributed by atoms with Crippen LogP contribution in [0.3, 0.4) is 0 Å². The normalized spacial score (nSPS) is 12.1. The van der Waals surface area contributed by atoms with Gasteiger partial charge in [0, 0.05) is 12.1 Å². The summed E-state index contributed by atoms with van der Waals surface area (Å²) in [6.45, 7) is 4.30. The smallest absolute Gasteiger partial charge is 0.315 e. The van der Waals surface area contributed by atoms with Gasteiger partial charge < -0.3 is 14.8 Å². The number of nitrogens with zero attached hydrogens (tertiary/aromatic N) is 2. The zero-order valence-corrected chi connectivity index (χ0v) is 13.2. The van der Waals surface area contributed by atoms with Crippen LogP contribution in [0.4, 0.5) is 6.01 Å². The molecular weight excluding hydrogens is 290 g/mol. The molecule has 0 saturated heterocycles. The van der Waals surface area contributed by atoms with Crippen molar-refractivity contribution in [2.45, 2.75) is 20.0 Å². The van der Waals surface area contributed by atoms with E-state index in [9.17, 15) is 5.11 Å². The quantitative estimate of drug-likeness (QED) is 0.755. The molecule has 0 fully saturated rings. The first-order chi connectivity index (χ1) is 11.1. The second-order valence-electron chi connectivity index (χ2n) is 5.54. The molecule has 3 rings (SSSR count). The van der Waals surface area contributed by atoms with E-state index in [1.54, 1.807) is 0 Å². The molecule has 2 N–H and O–H groups in total. The van der Waals surface area contributed by atoms with Gasteiger partial charge in [0.15, 0.2) is 0 Å². The van der Waals surface area contributed by atoms with Crippen LogP contribution in [0, 0.1) is 13.8 Å². The van der Waals surface area contributed by atoms with Crippen molar-refractivity contribution in [1.29, 1.82) is 0 Å². The van der Waals surface area contributed by atoms with Crippen LogP contribution < -0.4 is 5.32 Å². The Bertz CT molecular complexity index is 784. The molecule has 5 heteroatoms. The Balaban J connectivity index is 1.67. The molecule has 23 heavy (non-hydrogen) atoms. The van der Waals surface area contributed by atoms with Crippen molar-refractivity contribution in [3.05, 3.63) is 65.2 Å². The van der Waals surface area contributed by atoms with Crippen LogP contribution in [0.15, 0.2) is 52.9 Å². The lowest BCUT2D eigenvalue weighted by Crippen LogP contribution is -2.13. The van der Waals surface area contributed by atoms with Gasteiger partial charge in [-0.25, -0.2) is 0 Å². The first-order valence-electron chi connectivity index (χ1n) is 7.51. The van der Waals surface area contributed by atoms with E-state index in [-0.39, 0.29) is 0 Å². The van der Waals surface area contributed by atoms with Gasteiger partial charge in [0.05, 0.1) is 6.10 Å². The molecule has 0 saturated carbocycles. The summed E-state index contributed by atoms with van der Waals surface area (Å²) in [5.41, 5.74) is 3.94. The highest BCUT2D eigenvalue weighted by Crippen LogP contribution is 2.22. The lowest BCUT2D eigenvalue weighted by atomic mass is 10.0. The van der Waals surface area contributed by atoms with Crippen LogP contribution in [0.25, 0.3) is 11.5 Å². The van der Waals surface area contributed by atoms with E-state index in [1.807, 2.05) is 62.4 Å². The third-order valence-corrected chi connectivity index (χ3v) is 3.69. The third-order valence-electron chi connectivity index (χ3n) is 3.69. The molecular formula is C18H19N3O2. The Hall–Kier alpha value is -2.66. The highest BCUT2D eigenvalue weighted by atomic mass is 16.4. The largest absolute Gasteiger partial charge is 0.403 e. The third kappa shape index (κ3) is 3.57. The van der Waals surface area contributed by atoms with Gasteiger partial charge in [-0.3, -0.25) is 0 Å². The summed E-state index contributed by atoms with van der Waals surface area (Å²) in [5, 5.41) is 21.3. The zero-order valence-electron chi connectivity index (χ0n) is 13.2. The molecule has 2 aromatic carbocycles. The van der Waals surface area contributed by atoms with Gasteiger partial charge in [0.2, 0.25) is 5.89 Å². The first kappa shape index (κ1) is 15.2. The van der Waals surface area contributed by atoms with E-state index in [2.05, 4.69) is 15.5 Å². The molecule has 0 bridgehead atoms. The van der Waals surface area contributed by atoms with Crippen LogP contribution in [0.5, 0.6) is 0 Å². The summed E-state index contributed by atoms with van der Waals surface area (Å²) >= 11 is 0. The van der Waals surface area contributed by atoms with E-state index >= 15 is 0 Å². The fraction of sp³-hybridized carbons (Fsp3) is 0.222. The Morgan fingerprint density at radius 1 is 1.09 bits per heavy atom. The van der Waals surface area contributed by atoms with Crippen LogP contribution >= 0.6 is 0 Å². The average Bonchev–Trinajstić information content (AvgIpc) is 3.05. The molecule has 1 heterocycles. The Morgan fingerprint density at radius 3 is 2.65 bits per heavy atom. The molecule has 1 atom stereocenters. The van der Waals surface area contributed by atoms with E-state index in [1.165, 1.54) is 0 Å². The molecule has 1 aromatic heterocycles.